The third-order valence-electron chi connectivity index (χ3n) is 3.58. The van der Waals surface area contributed by atoms with E-state index < -0.39 is 5.97 Å². The fraction of sp³-hybridized carbons (Fsp3) is 0.0556. The maximum atomic E-state index is 13.0. The van der Waals surface area contributed by atoms with Crippen LogP contribution in [0.1, 0.15) is 22.8 Å². The van der Waals surface area contributed by atoms with Crippen molar-refractivity contribution in [3.63, 3.8) is 0 Å². The molecule has 1 N–H and O–H groups in total. The van der Waals surface area contributed by atoms with Crippen LogP contribution in [0.3, 0.4) is 0 Å². The van der Waals surface area contributed by atoms with Crippen molar-refractivity contribution in [3.05, 3.63) is 71.0 Å². The van der Waals surface area contributed by atoms with E-state index in [-0.39, 0.29) is 17.3 Å². The molecule has 0 saturated carbocycles. The maximum absolute atomic E-state index is 13.0. The van der Waals surface area contributed by atoms with Gasteiger partial charge in [-0.15, -0.1) is 0 Å². The Morgan fingerprint density at radius 1 is 1.21 bits per heavy atom. The van der Waals surface area contributed by atoms with E-state index in [9.17, 15) is 14.0 Å². The van der Waals surface area contributed by atoms with Crippen molar-refractivity contribution in [2.75, 3.05) is 5.01 Å². The van der Waals surface area contributed by atoms with Gasteiger partial charge in [-0.2, -0.15) is 10.1 Å². The summed E-state index contributed by atoms with van der Waals surface area (Å²) in [6.45, 7) is 1.69. The van der Waals surface area contributed by atoms with E-state index >= 15 is 0 Å². The molecular formula is C18H13FN2O3. The van der Waals surface area contributed by atoms with Crippen LogP contribution in [0.2, 0.25) is 0 Å². The van der Waals surface area contributed by atoms with Gasteiger partial charge >= 0.3 is 5.97 Å². The van der Waals surface area contributed by atoms with Crippen LogP contribution in [0.15, 0.2) is 59.2 Å². The van der Waals surface area contributed by atoms with Gasteiger partial charge in [0.25, 0.3) is 5.91 Å². The first-order valence-electron chi connectivity index (χ1n) is 7.16. The summed E-state index contributed by atoms with van der Waals surface area (Å²) in [5, 5.41) is 14.4. The fourth-order valence-electron chi connectivity index (χ4n) is 2.36. The summed E-state index contributed by atoms with van der Waals surface area (Å²) in [5.74, 6) is -1.79. The second-order valence-electron chi connectivity index (χ2n) is 5.27. The van der Waals surface area contributed by atoms with Crippen LogP contribution in [0, 0.1) is 5.82 Å². The highest BCUT2D eigenvalue weighted by atomic mass is 19.1. The summed E-state index contributed by atoms with van der Waals surface area (Å²) in [4.78, 5) is 23.7. The van der Waals surface area contributed by atoms with Gasteiger partial charge in [0, 0.05) is 0 Å². The average molecular weight is 324 g/mol. The first-order valence-corrected chi connectivity index (χ1v) is 7.16. The van der Waals surface area contributed by atoms with Gasteiger partial charge in [0.05, 0.1) is 22.5 Å². The number of benzene rings is 2. The molecule has 1 heterocycles. The third kappa shape index (κ3) is 2.94. The number of carbonyl (C=O) groups excluding carboxylic acids is 1. The number of carboxylic acids is 1. The second-order valence-corrected chi connectivity index (χ2v) is 5.27. The Kier molecular flexibility index (Phi) is 3.95. The van der Waals surface area contributed by atoms with Gasteiger partial charge in [-0.25, -0.2) is 9.18 Å². The number of carboxylic acid groups (broad SMARTS) is 1. The van der Waals surface area contributed by atoms with Crippen molar-refractivity contribution in [2.45, 2.75) is 6.92 Å². The predicted octanol–water partition coefficient (Wildman–Crippen LogP) is 3.33. The third-order valence-corrected chi connectivity index (χ3v) is 3.58. The zero-order chi connectivity index (χ0) is 17.3. The molecule has 0 aromatic heterocycles. The van der Waals surface area contributed by atoms with E-state index in [0.29, 0.717) is 22.5 Å². The largest absolute Gasteiger partial charge is 0.478 e. The molecule has 0 atom stereocenters. The normalized spacial score (nSPS) is 15.8. The average Bonchev–Trinajstić information content (AvgIpc) is 2.85. The van der Waals surface area contributed by atoms with Gasteiger partial charge in [0.1, 0.15) is 5.82 Å². The number of carbonyl (C=O) groups is 2. The van der Waals surface area contributed by atoms with Gasteiger partial charge in [-0.3, -0.25) is 4.79 Å². The zero-order valence-corrected chi connectivity index (χ0v) is 12.7. The monoisotopic (exact) mass is 324 g/mol. The summed E-state index contributed by atoms with van der Waals surface area (Å²) < 4.78 is 13.0. The molecule has 0 saturated heterocycles. The van der Waals surface area contributed by atoms with Gasteiger partial charge in [-0.05, 0) is 48.9 Å². The summed E-state index contributed by atoms with van der Waals surface area (Å²) in [5.41, 5.74) is 2.01. The fourth-order valence-corrected chi connectivity index (χ4v) is 2.36. The number of nitrogens with zero attached hydrogens (tertiary/aromatic N) is 2. The highest BCUT2D eigenvalue weighted by molar-refractivity contribution is 6.32. The van der Waals surface area contributed by atoms with E-state index in [1.54, 1.807) is 37.3 Å². The van der Waals surface area contributed by atoms with Gasteiger partial charge in [0.15, 0.2) is 0 Å². The quantitative estimate of drug-likeness (QED) is 0.880. The Morgan fingerprint density at radius 3 is 2.58 bits per heavy atom. The smallest absolute Gasteiger partial charge is 0.335 e. The molecule has 0 radical (unpaired) electrons. The lowest BCUT2D eigenvalue weighted by Gasteiger charge is -2.12. The Labute approximate surface area is 137 Å². The van der Waals surface area contributed by atoms with Crippen molar-refractivity contribution in [1.29, 1.82) is 0 Å². The van der Waals surface area contributed by atoms with E-state index in [2.05, 4.69) is 5.10 Å². The van der Waals surface area contributed by atoms with Crippen LogP contribution in [-0.4, -0.2) is 22.7 Å². The van der Waals surface area contributed by atoms with E-state index in [4.69, 9.17) is 5.11 Å². The van der Waals surface area contributed by atoms with E-state index in [1.165, 1.54) is 24.3 Å². The Bertz CT molecular complexity index is 885. The van der Waals surface area contributed by atoms with Crippen molar-refractivity contribution in [2.24, 2.45) is 5.10 Å². The molecule has 1 aliphatic rings. The number of hydrazone groups is 1. The lowest BCUT2D eigenvalue weighted by Crippen LogP contribution is -2.21. The van der Waals surface area contributed by atoms with Crippen LogP contribution >= 0.6 is 0 Å². The molecule has 2 aromatic rings. The minimum absolute atomic E-state index is 0.0733. The molecule has 6 heteroatoms. The first kappa shape index (κ1) is 15.6. The van der Waals surface area contributed by atoms with Crippen LogP contribution in [0.5, 0.6) is 0 Å². The maximum Gasteiger partial charge on any atom is 0.335 e. The standard InChI is InChI=1S/C18H13FN2O3/c1-11-16(9-12-5-7-14(19)8-6-12)17(22)21(20-11)15-4-2-3-13(10-15)18(23)24/h2-10H,1H3,(H,23,24)/b16-9-. The SMILES string of the molecule is CC1=NN(c2cccc(C(=O)O)c2)C(=O)/C1=C\c1ccc(F)cc1. The molecule has 120 valence electrons. The minimum atomic E-state index is -1.08. The summed E-state index contributed by atoms with van der Waals surface area (Å²) >= 11 is 0. The van der Waals surface area contributed by atoms with Gasteiger partial charge in [0.2, 0.25) is 0 Å². The minimum Gasteiger partial charge on any atom is -0.478 e. The molecule has 24 heavy (non-hydrogen) atoms. The number of halogens is 1. The predicted molar refractivity (Wildman–Crippen MR) is 88.4 cm³/mol. The van der Waals surface area contributed by atoms with Crippen LogP contribution < -0.4 is 5.01 Å². The number of hydrogen-bond donors (Lipinski definition) is 1. The van der Waals surface area contributed by atoms with Crippen LogP contribution in [0.25, 0.3) is 6.08 Å². The summed E-state index contributed by atoms with van der Waals surface area (Å²) in [6.07, 6.45) is 1.63. The molecule has 1 aliphatic heterocycles. The number of aromatic carboxylic acids is 1. The van der Waals surface area contributed by atoms with Gasteiger partial charge < -0.3 is 5.11 Å². The lowest BCUT2D eigenvalue weighted by molar-refractivity contribution is -0.114. The van der Waals surface area contributed by atoms with Crippen molar-refractivity contribution >= 4 is 29.4 Å². The Morgan fingerprint density at radius 2 is 1.92 bits per heavy atom. The molecule has 5 nitrogen and oxygen atoms in total. The van der Waals surface area contributed by atoms with Crippen molar-refractivity contribution < 1.29 is 19.1 Å². The van der Waals surface area contributed by atoms with E-state index in [0.717, 1.165) is 5.01 Å². The molecule has 0 spiro atoms. The van der Waals surface area contributed by atoms with Crippen LogP contribution in [0.4, 0.5) is 10.1 Å². The molecular weight excluding hydrogens is 311 g/mol. The summed E-state index contributed by atoms with van der Waals surface area (Å²) in [6, 6.07) is 11.8. The van der Waals surface area contributed by atoms with Crippen molar-refractivity contribution in [3.8, 4) is 0 Å². The molecule has 1 amide bonds. The molecule has 0 bridgehead atoms. The Balaban J connectivity index is 1.94. The number of anilines is 1. The summed E-state index contributed by atoms with van der Waals surface area (Å²) in [7, 11) is 0. The molecule has 0 aliphatic carbocycles. The van der Waals surface area contributed by atoms with E-state index in [1.807, 2.05) is 0 Å². The second kappa shape index (κ2) is 6.08. The highest BCUT2D eigenvalue weighted by Crippen LogP contribution is 2.25. The zero-order valence-electron chi connectivity index (χ0n) is 12.7. The van der Waals surface area contributed by atoms with Gasteiger partial charge in [-0.1, -0.05) is 18.2 Å². The number of rotatable bonds is 3. The highest BCUT2D eigenvalue weighted by Gasteiger charge is 2.29. The topological polar surface area (TPSA) is 70.0 Å². The molecule has 3 rings (SSSR count). The van der Waals surface area contributed by atoms with Crippen LogP contribution in [-0.2, 0) is 4.79 Å². The number of amides is 1. The molecule has 0 fully saturated rings. The lowest BCUT2D eigenvalue weighted by atomic mass is 10.1. The Hall–Kier alpha value is -3.28. The number of hydrogen-bond acceptors (Lipinski definition) is 3. The molecule has 2 aromatic carbocycles. The van der Waals surface area contributed by atoms with Crippen molar-refractivity contribution in [1.82, 2.24) is 0 Å². The first-order chi connectivity index (χ1) is 11.5. The molecule has 0 unspecified atom stereocenters.